The van der Waals surface area contributed by atoms with Crippen molar-refractivity contribution in [2.75, 3.05) is 0 Å². The summed E-state index contributed by atoms with van der Waals surface area (Å²) in [5.74, 6) is -0.143. The maximum Gasteiger partial charge on any atom is 0.389 e. The first-order valence-electron chi connectivity index (χ1n) is 6.51. The number of halogens is 3. The molecule has 0 aliphatic carbocycles. The minimum absolute atomic E-state index is 0.0622. The van der Waals surface area contributed by atoms with Crippen LogP contribution in [0.3, 0.4) is 0 Å². The van der Waals surface area contributed by atoms with Crippen molar-refractivity contribution in [2.24, 2.45) is 5.41 Å². The van der Waals surface area contributed by atoms with E-state index in [2.05, 4.69) is 5.16 Å². The summed E-state index contributed by atoms with van der Waals surface area (Å²) < 4.78 is 42.2. The lowest BCUT2D eigenvalue weighted by atomic mass is 9.73. The lowest BCUT2D eigenvalue weighted by Gasteiger charge is -2.24. The van der Waals surface area contributed by atoms with Gasteiger partial charge in [-0.1, -0.05) is 25.9 Å². The van der Waals surface area contributed by atoms with E-state index < -0.39 is 30.4 Å². The van der Waals surface area contributed by atoms with Gasteiger partial charge >= 0.3 is 6.18 Å². The quantitative estimate of drug-likeness (QED) is 0.813. The van der Waals surface area contributed by atoms with E-state index in [1.165, 1.54) is 6.92 Å². The van der Waals surface area contributed by atoms with Crippen LogP contribution in [-0.4, -0.2) is 11.3 Å². The molecule has 0 saturated heterocycles. The Balaban J connectivity index is 3.04. The second-order valence-corrected chi connectivity index (χ2v) is 5.34. The van der Waals surface area contributed by atoms with Gasteiger partial charge in [-0.3, -0.25) is 0 Å². The van der Waals surface area contributed by atoms with Crippen molar-refractivity contribution < 1.29 is 17.7 Å². The first kappa shape index (κ1) is 17.0. The monoisotopic (exact) mass is 299 g/mol. The van der Waals surface area contributed by atoms with Crippen LogP contribution in [0.15, 0.2) is 10.6 Å². The molecular weight excluding hydrogens is 283 g/mol. The zero-order valence-corrected chi connectivity index (χ0v) is 12.0. The number of nitriles is 2. The molecule has 114 valence electrons. The highest BCUT2D eigenvalue weighted by Gasteiger charge is 2.43. The Morgan fingerprint density at radius 1 is 1.19 bits per heavy atom. The van der Waals surface area contributed by atoms with Gasteiger partial charge in [-0.25, -0.2) is 0 Å². The maximum absolute atomic E-state index is 12.4. The molecule has 0 aromatic carbocycles. The van der Waals surface area contributed by atoms with Crippen LogP contribution >= 0.6 is 0 Å². The molecule has 0 spiro atoms. The maximum atomic E-state index is 12.4. The van der Waals surface area contributed by atoms with Crippen molar-refractivity contribution in [3.63, 3.8) is 0 Å². The summed E-state index contributed by atoms with van der Waals surface area (Å²) in [6.45, 7) is 5.27. The van der Waals surface area contributed by atoms with E-state index in [9.17, 15) is 23.7 Å². The summed E-state index contributed by atoms with van der Waals surface area (Å²) >= 11 is 0. The third kappa shape index (κ3) is 3.98. The minimum Gasteiger partial charge on any atom is -0.361 e. The molecule has 0 N–H and O–H groups in total. The molecule has 0 radical (unpaired) electrons. The fraction of sp³-hybridized carbons (Fsp3) is 0.643. The molecule has 1 unspecified atom stereocenters. The SMILES string of the molecule is CC(C)c1cc(C(C)C(C#N)(C#N)CCC(F)(F)F)no1. The highest BCUT2D eigenvalue weighted by molar-refractivity contribution is 5.26. The van der Waals surface area contributed by atoms with Crippen LogP contribution in [-0.2, 0) is 0 Å². The van der Waals surface area contributed by atoms with Crippen LogP contribution < -0.4 is 0 Å². The van der Waals surface area contributed by atoms with Crippen LogP contribution in [0.25, 0.3) is 0 Å². The number of nitrogens with zero attached hydrogens (tertiary/aromatic N) is 3. The number of alkyl halides is 3. The highest BCUT2D eigenvalue weighted by Crippen LogP contribution is 2.41. The number of rotatable bonds is 5. The van der Waals surface area contributed by atoms with E-state index >= 15 is 0 Å². The normalized spacial score (nSPS) is 13.8. The molecule has 4 nitrogen and oxygen atoms in total. The Morgan fingerprint density at radius 2 is 1.76 bits per heavy atom. The van der Waals surface area contributed by atoms with Crippen molar-refractivity contribution in [1.29, 1.82) is 10.5 Å². The van der Waals surface area contributed by atoms with Crippen LogP contribution in [0.2, 0.25) is 0 Å². The van der Waals surface area contributed by atoms with Crippen LogP contribution in [0, 0.1) is 28.1 Å². The summed E-state index contributed by atoms with van der Waals surface area (Å²) in [6, 6.07) is 5.05. The van der Waals surface area contributed by atoms with Crippen molar-refractivity contribution in [2.45, 2.75) is 51.6 Å². The lowest BCUT2D eigenvalue weighted by molar-refractivity contribution is -0.138. The topological polar surface area (TPSA) is 73.6 Å². The molecule has 1 rings (SSSR count). The summed E-state index contributed by atoms with van der Waals surface area (Å²) in [7, 11) is 0. The van der Waals surface area contributed by atoms with Crippen molar-refractivity contribution >= 4 is 0 Å². The van der Waals surface area contributed by atoms with Gasteiger partial charge in [0.2, 0.25) is 0 Å². The molecule has 0 saturated carbocycles. The van der Waals surface area contributed by atoms with E-state index in [0.717, 1.165) is 0 Å². The van der Waals surface area contributed by atoms with Gasteiger partial charge in [0.15, 0.2) is 5.41 Å². The van der Waals surface area contributed by atoms with E-state index in [0.29, 0.717) is 11.5 Å². The molecule has 1 heterocycles. The molecular formula is C14H16F3N3O. The molecule has 0 bridgehead atoms. The average molecular weight is 299 g/mol. The van der Waals surface area contributed by atoms with Crippen molar-refractivity contribution in [1.82, 2.24) is 5.16 Å². The Kier molecular flexibility index (Phi) is 5.01. The van der Waals surface area contributed by atoms with Gasteiger partial charge in [0.25, 0.3) is 0 Å². The number of aromatic nitrogens is 1. The van der Waals surface area contributed by atoms with Gasteiger partial charge < -0.3 is 4.52 Å². The van der Waals surface area contributed by atoms with Gasteiger partial charge in [0.1, 0.15) is 5.76 Å². The van der Waals surface area contributed by atoms with E-state index in [1.807, 2.05) is 13.8 Å². The first-order chi connectivity index (χ1) is 9.65. The lowest BCUT2D eigenvalue weighted by Crippen LogP contribution is -2.26. The largest absolute Gasteiger partial charge is 0.389 e. The first-order valence-corrected chi connectivity index (χ1v) is 6.51. The second kappa shape index (κ2) is 6.17. The van der Waals surface area contributed by atoms with Crippen LogP contribution in [0.1, 0.15) is 56.9 Å². The van der Waals surface area contributed by atoms with Crippen molar-refractivity contribution in [3.8, 4) is 12.1 Å². The molecule has 0 aliphatic heterocycles. The van der Waals surface area contributed by atoms with Gasteiger partial charge in [0.05, 0.1) is 17.8 Å². The van der Waals surface area contributed by atoms with E-state index in [-0.39, 0.29) is 5.92 Å². The van der Waals surface area contributed by atoms with Crippen LogP contribution in [0.4, 0.5) is 13.2 Å². The summed E-state index contributed by atoms with van der Waals surface area (Å²) in [6.07, 6.45) is -6.19. The Labute approximate surface area is 121 Å². The summed E-state index contributed by atoms with van der Waals surface area (Å²) in [5.41, 5.74) is -1.45. The second-order valence-electron chi connectivity index (χ2n) is 5.34. The average Bonchev–Trinajstić information content (AvgIpc) is 2.88. The van der Waals surface area contributed by atoms with E-state index in [1.54, 1.807) is 18.2 Å². The fourth-order valence-corrected chi connectivity index (χ4v) is 1.92. The van der Waals surface area contributed by atoms with Gasteiger partial charge in [-0.05, 0) is 6.42 Å². The zero-order chi connectivity index (χ0) is 16.3. The molecule has 21 heavy (non-hydrogen) atoms. The minimum atomic E-state index is -4.41. The number of hydrogen-bond donors (Lipinski definition) is 0. The number of hydrogen-bond acceptors (Lipinski definition) is 4. The third-order valence-corrected chi connectivity index (χ3v) is 3.50. The van der Waals surface area contributed by atoms with Gasteiger partial charge in [0, 0.05) is 24.3 Å². The summed E-state index contributed by atoms with van der Waals surface area (Å²) in [5, 5.41) is 22.2. The van der Waals surface area contributed by atoms with E-state index in [4.69, 9.17) is 4.52 Å². The third-order valence-electron chi connectivity index (χ3n) is 3.50. The standard InChI is InChI=1S/C14H16F3N3O/c1-9(2)12-6-11(20-21-12)10(3)13(7-18,8-19)4-5-14(15,16)17/h6,9-10H,4-5H2,1-3H3. The van der Waals surface area contributed by atoms with Gasteiger partial charge in [-0.2, -0.15) is 23.7 Å². The molecule has 0 amide bonds. The Morgan fingerprint density at radius 3 is 2.14 bits per heavy atom. The predicted molar refractivity (Wildman–Crippen MR) is 68.0 cm³/mol. The molecule has 0 aliphatic rings. The smallest absolute Gasteiger partial charge is 0.361 e. The molecule has 7 heteroatoms. The zero-order valence-electron chi connectivity index (χ0n) is 12.0. The Bertz CT molecular complexity index is 549. The predicted octanol–water partition coefficient (Wildman–Crippen LogP) is 4.28. The molecule has 1 aromatic heterocycles. The fourth-order valence-electron chi connectivity index (χ4n) is 1.92. The Hall–Kier alpha value is -2.02. The molecule has 1 atom stereocenters. The van der Waals surface area contributed by atoms with Crippen LogP contribution in [0.5, 0.6) is 0 Å². The molecule has 0 fully saturated rings. The van der Waals surface area contributed by atoms with Gasteiger partial charge in [-0.15, -0.1) is 0 Å². The molecule has 1 aromatic rings. The summed E-state index contributed by atoms with van der Waals surface area (Å²) in [4.78, 5) is 0. The highest BCUT2D eigenvalue weighted by atomic mass is 19.4. The van der Waals surface area contributed by atoms with Crippen molar-refractivity contribution in [3.05, 3.63) is 17.5 Å².